The summed E-state index contributed by atoms with van der Waals surface area (Å²) in [7, 11) is 0. The molecular weight excluding hydrogens is 266 g/mol. The minimum Gasteiger partial charge on any atom is -0.505 e. The van der Waals surface area contributed by atoms with Crippen molar-refractivity contribution in [2.45, 2.75) is 18.8 Å². The third-order valence-electron chi connectivity index (χ3n) is 3.88. The minimum atomic E-state index is 0.0412. The maximum absolute atomic E-state index is 9.81. The molecule has 1 aliphatic carbocycles. The Balaban J connectivity index is 1.72. The van der Waals surface area contributed by atoms with Crippen LogP contribution < -0.4 is 0 Å². The third kappa shape index (κ3) is 1.98. The van der Waals surface area contributed by atoms with Crippen molar-refractivity contribution in [2.24, 2.45) is 0 Å². The van der Waals surface area contributed by atoms with Crippen molar-refractivity contribution in [1.82, 2.24) is 15.1 Å². The molecular formula is C16H13N3O2. The number of aryl methyl sites for hydroxylation is 1. The highest BCUT2D eigenvalue weighted by molar-refractivity contribution is 5.56. The van der Waals surface area contributed by atoms with Crippen LogP contribution in [0.1, 0.15) is 29.3 Å². The first-order chi connectivity index (χ1) is 10.3. The largest absolute Gasteiger partial charge is 0.505 e. The number of aromatic nitrogens is 3. The quantitative estimate of drug-likeness (QED) is 0.781. The van der Waals surface area contributed by atoms with Gasteiger partial charge in [-0.15, -0.1) is 0 Å². The highest BCUT2D eigenvalue weighted by Crippen LogP contribution is 2.37. The van der Waals surface area contributed by atoms with Gasteiger partial charge in [0, 0.05) is 12.1 Å². The van der Waals surface area contributed by atoms with Crippen molar-refractivity contribution < 1.29 is 9.63 Å². The van der Waals surface area contributed by atoms with Gasteiger partial charge in [0.15, 0.2) is 11.5 Å². The summed E-state index contributed by atoms with van der Waals surface area (Å²) in [6, 6.07) is 11.5. The van der Waals surface area contributed by atoms with E-state index >= 15 is 0 Å². The van der Waals surface area contributed by atoms with E-state index < -0.39 is 0 Å². The predicted molar refractivity (Wildman–Crippen MR) is 75.8 cm³/mol. The Hall–Kier alpha value is -2.69. The Bertz CT molecular complexity index is 797. The Morgan fingerprint density at radius 2 is 2.05 bits per heavy atom. The Morgan fingerprint density at radius 3 is 2.95 bits per heavy atom. The number of fused-ring (bicyclic) bond motifs is 1. The van der Waals surface area contributed by atoms with E-state index in [0.29, 0.717) is 11.5 Å². The van der Waals surface area contributed by atoms with Crippen LogP contribution in [0.4, 0.5) is 0 Å². The maximum atomic E-state index is 9.81. The average Bonchev–Trinajstić information content (AvgIpc) is 3.14. The SMILES string of the molecule is Oc1cccnc1-c1nc(C2CCc3ccccc32)no1. The molecule has 104 valence electrons. The number of pyridine rings is 1. The molecule has 0 bridgehead atoms. The van der Waals surface area contributed by atoms with E-state index in [1.54, 1.807) is 18.3 Å². The number of benzene rings is 1. The number of aromatic hydroxyl groups is 1. The molecule has 21 heavy (non-hydrogen) atoms. The lowest BCUT2D eigenvalue weighted by molar-refractivity contribution is 0.412. The lowest BCUT2D eigenvalue weighted by atomic mass is 10.0. The Morgan fingerprint density at radius 1 is 1.14 bits per heavy atom. The summed E-state index contributed by atoms with van der Waals surface area (Å²) in [5.74, 6) is 1.11. The first-order valence-electron chi connectivity index (χ1n) is 6.88. The summed E-state index contributed by atoms with van der Waals surface area (Å²) in [4.78, 5) is 8.51. The molecule has 1 aliphatic rings. The summed E-state index contributed by atoms with van der Waals surface area (Å²) >= 11 is 0. The van der Waals surface area contributed by atoms with Gasteiger partial charge in [-0.25, -0.2) is 4.98 Å². The van der Waals surface area contributed by atoms with Crippen molar-refractivity contribution in [1.29, 1.82) is 0 Å². The molecule has 4 rings (SSSR count). The second-order valence-electron chi connectivity index (χ2n) is 5.12. The molecule has 0 radical (unpaired) electrons. The smallest absolute Gasteiger partial charge is 0.280 e. The van der Waals surface area contributed by atoms with Gasteiger partial charge >= 0.3 is 0 Å². The summed E-state index contributed by atoms with van der Waals surface area (Å²) in [5, 5.41) is 13.9. The Labute approximate surface area is 121 Å². The van der Waals surface area contributed by atoms with E-state index in [1.165, 1.54) is 11.1 Å². The van der Waals surface area contributed by atoms with E-state index in [4.69, 9.17) is 4.52 Å². The van der Waals surface area contributed by atoms with Crippen LogP contribution in [0.2, 0.25) is 0 Å². The van der Waals surface area contributed by atoms with E-state index in [-0.39, 0.29) is 17.6 Å². The zero-order chi connectivity index (χ0) is 14.2. The lowest BCUT2D eigenvalue weighted by Crippen LogP contribution is -1.98. The monoisotopic (exact) mass is 279 g/mol. The van der Waals surface area contributed by atoms with Crippen LogP contribution in [0.3, 0.4) is 0 Å². The molecule has 0 aliphatic heterocycles. The van der Waals surface area contributed by atoms with E-state index in [0.717, 1.165) is 12.8 Å². The van der Waals surface area contributed by atoms with Gasteiger partial charge in [0.25, 0.3) is 5.89 Å². The first-order valence-corrected chi connectivity index (χ1v) is 6.88. The standard InChI is InChI=1S/C16H13N3O2/c20-13-6-3-9-17-14(13)16-18-15(19-21-16)12-8-7-10-4-1-2-5-11(10)12/h1-6,9,12,20H,7-8H2. The third-order valence-corrected chi connectivity index (χ3v) is 3.88. The fourth-order valence-electron chi connectivity index (χ4n) is 2.86. The molecule has 0 spiro atoms. The van der Waals surface area contributed by atoms with Gasteiger partial charge in [0.1, 0.15) is 5.75 Å². The molecule has 0 amide bonds. The van der Waals surface area contributed by atoms with Gasteiger partial charge in [-0.1, -0.05) is 29.4 Å². The Kier molecular flexibility index (Phi) is 2.70. The molecule has 2 aromatic heterocycles. The van der Waals surface area contributed by atoms with Crippen molar-refractivity contribution in [2.75, 3.05) is 0 Å². The van der Waals surface area contributed by atoms with Crippen LogP contribution in [0.25, 0.3) is 11.6 Å². The number of hydrogen-bond acceptors (Lipinski definition) is 5. The highest BCUT2D eigenvalue weighted by Gasteiger charge is 2.28. The molecule has 0 saturated carbocycles. The minimum absolute atomic E-state index is 0.0412. The molecule has 0 saturated heterocycles. The van der Waals surface area contributed by atoms with Crippen LogP contribution in [-0.2, 0) is 6.42 Å². The van der Waals surface area contributed by atoms with Gasteiger partial charge in [0.05, 0.1) is 0 Å². The fraction of sp³-hybridized carbons (Fsp3) is 0.188. The van der Waals surface area contributed by atoms with E-state index in [2.05, 4.69) is 33.3 Å². The molecule has 5 heteroatoms. The van der Waals surface area contributed by atoms with Crippen molar-refractivity contribution >= 4 is 0 Å². The van der Waals surface area contributed by atoms with Gasteiger partial charge in [-0.3, -0.25) is 0 Å². The van der Waals surface area contributed by atoms with Crippen LogP contribution in [0.5, 0.6) is 5.75 Å². The molecule has 1 unspecified atom stereocenters. The second-order valence-corrected chi connectivity index (χ2v) is 5.12. The molecule has 2 heterocycles. The lowest BCUT2D eigenvalue weighted by Gasteiger charge is -2.05. The molecule has 3 aromatic rings. The zero-order valence-corrected chi connectivity index (χ0v) is 11.2. The topological polar surface area (TPSA) is 72.0 Å². The first kappa shape index (κ1) is 12.1. The maximum Gasteiger partial charge on any atom is 0.280 e. The van der Waals surface area contributed by atoms with Gasteiger partial charge < -0.3 is 9.63 Å². The van der Waals surface area contributed by atoms with E-state index in [9.17, 15) is 5.11 Å². The van der Waals surface area contributed by atoms with Crippen LogP contribution in [0, 0.1) is 0 Å². The zero-order valence-electron chi connectivity index (χ0n) is 11.2. The number of hydrogen-bond donors (Lipinski definition) is 1. The van der Waals surface area contributed by atoms with Crippen molar-refractivity contribution in [3.63, 3.8) is 0 Å². The molecule has 1 atom stereocenters. The average molecular weight is 279 g/mol. The van der Waals surface area contributed by atoms with Gasteiger partial charge in [0.2, 0.25) is 0 Å². The molecule has 0 fully saturated rings. The van der Waals surface area contributed by atoms with Crippen molar-refractivity contribution in [3.05, 3.63) is 59.5 Å². The molecule has 1 aromatic carbocycles. The summed E-state index contributed by atoms with van der Waals surface area (Å²) in [6.07, 6.45) is 3.59. The van der Waals surface area contributed by atoms with Gasteiger partial charge in [-0.05, 0) is 36.1 Å². The summed E-state index contributed by atoms with van der Waals surface area (Å²) in [5.41, 5.74) is 2.92. The molecule has 1 N–H and O–H groups in total. The number of rotatable bonds is 2. The fourth-order valence-corrected chi connectivity index (χ4v) is 2.86. The second kappa shape index (κ2) is 4.70. The summed E-state index contributed by atoms with van der Waals surface area (Å²) < 4.78 is 5.28. The highest BCUT2D eigenvalue weighted by atomic mass is 16.5. The van der Waals surface area contributed by atoms with Gasteiger partial charge in [-0.2, -0.15) is 4.98 Å². The predicted octanol–water partition coefficient (Wildman–Crippen LogP) is 2.92. The van der Waals surface area contributed by atoms with E-state index in [1.807, 2.05) is 6.07 Å². The van der Waals surface area contributed by atoms with Crippen LogP contribution in [0.15, 0.2) is 47.1 Å². The normalized spacial score (nSPS) is 16.9. The van der Waals surface area contributed by atoms with Crippen LogP contribution >= 0.6 is 0 Å². The summed E-state index contributed by atoms with van der Waals surface area (Å²) in [6.45, 7) is 0. The number of nitrogens with zero attached hydrogens (tertiary/aromatic N) is 3. The van der Waals surface area contributed by atoms with Crippen LogP contribution in [-0.4, -0.2) is 20.2 Å². The molecule has 5 nitrogen and oxygen atoms in total. The van der Waals surface area contributed by atoms with Crippen molar-refractivity contribution in [3.8, 4) is 17.3 Å².